The Morgan fingerprint density at radius 3 is 3.13 bits per heavy atom. The van der Waals surface area contributed by atoms with Gasteiger partial charge in [0.25, 0.3) is 0 Å². The van der Waals surface area contributed by atoms with Crippen LogP contribution in [-0.2, 0) is 6.42 Å². The van der Waals surface area contributed by atoms with Crippen molar-refractivity contribution in [3.05, 3.63) is 23.8 Å². The monoisotopic (exact) mass is 203 g/mol. The molecule has 2 aliphatic heterocycles. The zero-order valence-corrected chi connectivity index (χ0v) is 9.20. The topological polar surface area (TPSA) is 12.5 Å². The Kier molecular flexibility index (Phi) is 2.08. The lowest BCUT2D eigenvalue weighted by Gasteiger charge is -2.20. The number of hydrogen-bond acceptors (Lipinski definition) is 2. The van der Waals surface area contributed by atoms with Crippen molar-refractivity contribution < 1.29 is 4.74 Å². The van der Waals surface area contributed by atoms with E-state index in [1.807, 2.05) is 0 Å². The van der Waals surface area contributed by atoms with Crippen LogP contribution < -0.4 is 9.64 Å². The average molecular weight is 203 g/mol. The minimum atomic E-state index is 0.836. The Morgan fingerprint density at radius 1 is 1.40 bits per heavy atom. The summed E-state index contributed by atoms with van der Waals surface area (Å²) in [7, 11) is 0. The minimum Gasteiger partial charge on any atom is -0.493 e. The van der Waals surface area contributed by atoms with Crippen molar-refractivity contribution in [2.45, 2.75) is 19.8 Å². The molecule has 0 bridgehead atoms. The molecule has 1 saturated heterocycles. The molecule has 2 aliphatic rings. The number of fused-ring (bicyclic) bond motifs is 1. The highest BCUT2D eigenvalue weighted by Crippen LogP contribution is 2.35. The van der Waals surface area contributed by atoms with Crippen LogP contribution in [0.2, 0.25) is 0 Å². The fourth-order valence-electron chi connectivity index (χ4n) is 2.65. The van der Waals surface area contributed by atoms with Crippen LogP contribution >= 0.6 is 0 Å². The van der Waals surface area contributed by atoms with E-state index in [9.17, 15) is 0 Å². The summed E-state index contributed by atoms with van der Waals surface area (Å²) in [5.74, 6) is 1.94. The first-order chi connectivity index (χ1) is 7.34. The first kappa shape index (κ1) is 9.08. The fourth-order valence-corrected chi connectivity index (χ4v) is 2.65. The van der Waals surface area contributed by atoms with Crippen molar-refractivity contribution in [1.82, 2.24) is 0 Å². The lowest BCUT2D eigenvalue weighted by molar-refractivity contribution is 0.357. The second kappa shape index (κ2) is 3.44. The summed E-state index contributed by atoms with van der Waals surface area (Å²) >= 11 is 0. The normalized spacial score (nSPS) is 24.1. The summed E-state index contributed by atoms with van der Waals surface area (Å²) in [6, 6.07) is 6.44. The molecule has 0 spiro atoms. The maximum atomic E-state index is 5.60. The summed E-state index contributed by atoms with van der Waals surface area (Å²) in [5, 5.41) is 0. The number of ether oxygens (including phenoxy) is 1. The summed E-state index contributed by atoms with van der Waals surface area (Å²) in [6.07, 6.45) is 2.40. The molecule has 2 heteroatoms. The lowest BCUT2D eigenvalue weighted by Crippen LogP contribution is -2.20. The van der Waals surface area contributed by atoms with Gasteiger partial charge in [0.15, 0.2) is 0 Å². The summed E-state index contributed by atoms with van der Waals surface area (Å²) in [6.45, 7) is 5.60. The van der Waals surface area contributed by atoms with Crippen molar-refractivity contribution in [2.75, 3.05) is 24.6 Å². The molecule has 2 nitrogen and oxygen atoms in total. The quantitative estimate of drug-likeness (QED) is 0.695. The van der Waals surface area contributed by atoms with Gasteiger partial charge in [0.2, 0.25) is 0 Å². The van der Waals surface area contributed by atoms with E-state index >= 15 is 0 Å². The maximum Gasteiger partial charge on any atom is 0.124 e. The van der Waals surface area contributed by atoms with Crippen LogP contribution in [0.3, 0.4) is 0 Å². The minimum absolute atomic E-state index is 0.836. The predicted molar refractivity (Wildman–Crippen MR) is 61.6 cm³/mol. The molecule has 3 rings (SSSR count). The molecule has 0 aliphatic carbocycles. The molecule has 0 radical (unpaired) electrons. The van der Waals surface area contributed by atoms with E-state index in [4.69, 9.17) is 4.74 Å². The van der Waals surface area contributed by atoms with E-state index in [2.05, 4.69) is 30.0 Å². The third-order valence-electron chi connectivity index (χ3n) is 3.48. The molecule has 0 saturated carbocycles. The smallest absolute Gasteiger partial charge is 0.124 e. The van der Waals surface area contributed by atoms with Gasteiger partial charge in [-0.3, -0.25) is 0 Å². The number of benzene rings is 1. The summed E-state index contributed by atoms with van der Waals surface area (Å²) < 4.78 is 5.60. The van der Waals surface area contributed by atoms with Gasteiger partial charge in [-0.05, 0) is 24.5 Å². The highest BCUT2D eigenvalue weighted by atomic mass is 16.5. The highest BCUT2D eigenvalue weighted by molar-refractivity contribution is 5.61. The van der Waals surface area contributed by atoms with Crippen molar-refractivity contribution in [3.8, 4) is 5.75 Å². The molecule has 1 aromatic rings. The fraction of sp³-hybridized carbons (Fsp3) is 0.538. The van der Waals surface area contributed by atoms with Gasteiger partial charge in [-0.15, -0.1) is 0 Å². The van der Waals surface area contributed by atoms with E-state index in [1.54, 1.807) is 0 Å². The van der Waals surface area contributed by atoms with E-state index < -0.39 is 0 Å². The maximum absolute atomic E-state index is 5.60. The molecule has 1 atom stereocenters. The molecule has 2 heterocycles. The van der Waals surface area contributed by atoms with Gasteiger partial charge in [-0.25, -0.2) is 0 Å². The Hall–Kier alpha value is -1.18. The SMILES string of the molecule is C[C@@H]1CCN(c2cccc3c2CCO3)C1. The Morgan fingerprint density at radius 2 is 2.33 bits per heavy atom. The van der Waals surface area contributed by atoms with Gasteiger partial charge in [-0.2, -0.15) is 0 Å². The van der Waals surface area contributed by atoms with E-state index in [1.165, 1.54) is 30.8 Å². The van der Waals surface area contributed by atoms with Crippen molar-refractivity contribution >= 4 is 5.69 Å². The van der Waals surface area contributed by atoms with E-state index in [0.717, 1.165) is 24.7 Å². The van der Waals surface area contributed by atoms with Gasteiger partial charge in [0, 0.05) is 30.8 Å². The Bertz CT molecular complexity index is 375. The molecule has 0 aromatic heterocycles. The number of rotatable bonds is 1. The Balaban J connectivity index is 1.95. The molecular formula is C13H17NO. The van der Waals surface area contributed by atoms with Crippen LogP contribution in [-0.4, -0.2) is 19.7 Å². The standard InChI is InChI=1S/C13H17NO/c1-10-5-7-14(9-10)12-3-2-4-13-11(12)6-8-15-13/h2-4,10H,5-9H2,1H3/t10-/m1/s1. The molecule has 0 unspecified atom stereocenters. The van der Waals surface area contributed by atoms with Crippen LogP contribution in [0.4, 0.5) is 5.69 Å². The second-order valence-corrected chi connectivity index (χ2v) is 4.69. The number of hydrogen-bond donors (Lipinski definition) is 0. The number of anilines is 1. The van der Waals surface area contributed by atoms with Gasteiger partial charge in [0.1, 0.15) is 5.75 Å². The predicted octanol–water partition coefficient (Wildman–Crippen LogP) is 2.47. The van der Waals surface area contributed by atoms with Gasteiger partial charge in [-0.1, -0.05) is 13.0 Å². The first-order valence-corrected chi connectivity index (χ1v) is 5.84. The summed E-state index contributed by atoms with van der Waals surface area (Å²) in [4.78, 5) is 2.51. The van der Waals surface area contributed by atoms with Crippen LogP contribution in [0, 0.1) is 5.92 Å². The van der Waals surface area contributed by atoms with Crippen LogP contribution in [0.15, 0.2) is 18.2 Å². The Labute approximate surface area is 90.8 Å². The summed E-state index contributed by atoms with van der Waals surface area (Å²) in [5.41, 5.74) is 2.83. The van der Waals surface area contributed by atoms with Crippen molar-refractivity contribution in [3.63, 3.8) is 0 Å². The third-order valence-corrected chi connectivity index (χ3v) is 3.48. The molecule has 80 valence electrons. The zero-order valence-electron chi connectivity index (χ0n) is 9.20. The van der Waals surface area contributed by atoms with Crippen LogP contribution in [0.5, 0.6) is 5.75 Å². The zero-order chi connectivity index (χ0) is 10.3. The van der Waals surface area contributed by atoms with E-state index in [-0.39, 0.29) is 0 Å². The van der Waals surface area contributed by atoms with Gasteiger partial charge in [0.05, 0.1) is 6.61 Å². The van der Waals surface area contributed by atoms with Crippen molar-refractivity contribution in [2.24, 2.45) is 5.92 Å². The number of nitrogens with zero attached hydrogens (tertiary/aromatic N) is 1. The molecule has 1 fully saturated rings. The largest absolute Gasteiger partial charge is 0.493 e. The molecule has 1 aromatic carbocycles. The third kappa shape index (κ3) is 1.48. The van der Waals surface area contributed by atoms with E-state index in [0.29, 0.717) is 0 Å². The molecular weight excluding hydrogens is 186 g/mol. The second-order valence-electron chi connectivity index (χ2n) is 4.69. The van der Waals surface area contributed by atoms with Gasteiger partial charge < -0.3 is 9.64 Å². The molecule has 15 heavy (non-hydrogen) atoms. The average Bonchev–Trinajstić information content (AvgIpc) is 2.84. The molecule has 0 N–H and O–H groups in total. The van der Waals surface area contributed by atoms with Gasteiger partial charge >= 0.3 is 0 Å². The first-order valence-electron chi connectivity index (χ1n) is 5.84. The van der Waals surface area contributed by atoms with Crippen LogP contribution in [0.25, 0.3) is 0 Å². The van der Waals surface area contributed by atoms with Crippen molar-refractivity contribution in [1.29, 1.82) is 0 Å². The van der Waals surface area contributed by atoms with Crippen LogP contribution in [0.1, 0.15) is 18.9 Å². The molecule has 0 amide bonds. The lowest BCUT2D eigenvalue weighted by atomic mass is 10.1. The highest BCUT2D eigenvalue weighted by Gasteiger charge is 2.24.